The van der Waals surface area contributed by atoms with Gasteiger partial charge in [-0.25, -0.2) is 0 Å². The SMILES string of the molecule is CCCN(CC)CC1CC(C)CCC1NCC. The Hall–Kier alpha value is -0.0800. The second kappa shape index (κ2) is 8.10. The smallest absolute Gasteiger partial charge is 0.0108 e. The molecule has 2 nitrogen and oxygen atoms in total. The number of nitrogens with zero attached hydrogens (tertiary/aromatic N) is 1. The molecular formula is C15H32N2. The molecule has 0 heterocycles. The first-order chi connectivity index (χ1) is 8.21. The largest absolute Gasteiger partial charge is 0.314 e. The first-order valence-corrected chi connectivity index (χ1v) is 7.66. The van der Waals surface area contributed by atoms with Crippen LogP contribution in [0.15, 0.2) is 0 Å². The minimum Gasteiger partial charge on any atom is -0.314 e. The average molecular weight is 240 g/mol. The van der Waals surface area contributed by atoms with Crippen LogP contribution in [0.2, 0.25) is 0 Å². The first-order valence-electron chi connectivity index (χ1n) is 7.66. The molecule has 0 bridgehead atoms. The van der Waals surface area contributed by atoms with Crippen molar-refractivity contribution in [3.8, 4) is 0 Å². The Morgan fingerprint density at radius 2 is 1.94 bits per heavy atom. The van der Waals surface area contributed by atoms with E-state index < -0.39 is 0 Å². The zero-order valence-electron chi connectivity index (χ0n) is 12.3. The van der Waals surface area contributed by atoms with E-state index in [2.05, 4.69) is 37.9 Å². The van der Waals surface area contributed by atoms with E-state index in [1.165, 1.54) is 45.3 Å². The molecule has 3 unspecified atom stereocenters. The molecule has 17 heavy (non-hydrogen) atoms. The summed E-state index contributed by atoms with van der Waals surface area (Å²) >= 11 is 0. The van der Waals surface area contributed by atoms with Crippen molar-refractivity contribution in [2.75, 3.05) is 26.2 Å². The molecule has 0 saturated heterocycles. The lowest BCUT2D eigenvalue weighted by atomic mass is 9.78. The fraction of sp³-hybridized carbons (Fsp3) is 1.00. The number of rotatable bonds is 7. The summed E-state index contributed by atoms with van der Waals surface area (Å²) in [6.07, 6.45) is 5.48. The minimum atomic E-state index is 0.766. The molecule has 1 fully saturated rings. The fourth-order valence-electron chi connectivity index (χ4n) is 3.26. The van der Waals surface area contributed by atoms with Crippen molar-refractivity contribution >= 4 is 0 Å². The second-order valence-electron chi connectivity index (χ2n) is 5.74. The first kappa shape index (κ1) is 15.0. The molecule has 0 spiro atoms. The monoisotopic (exact) mass is 240 g/mol. The molecular weight excluding hydrogens is 208 g/mol. The number of hydrogen-bond donors (Lipinski definition) is 1. The molecule has 1 rings (SSSR count). The van der Waals surface area contributed by atoms with Crippen molar-refractivity contribution in [3.05, 3.63) is 0 Å². The van der Waals surface area contributed by atoms with Gasteiger partial charge < -0.3 is 10.2 Å². The van der Waals surface area contributed by atoms with Gasteiger partial charge in [-0.2, -0.15) is 0 Å². The van der Waals surface area contributed by atoms with Crippen LogP contribution in [-0.4, -0.2) is 37.1 Å². The van der Waals surface area contributed by atoms with Gasteiger partial charge in [0.2, 0.25) is 0 Å². The van der Waals surface area contributed by atoms with Crippen LogP contribution in [0.4, 0.5) is 0 Å². The van der Waals surface area contributed by atoms with E-state index in [9.17, 15) is 0 Å². The molecule has 0 radical (unpaired) electrons. The summed E-state index contributed by atoms with van der Waals surface area (Å²) in [5, 5.41) is 3.70. The number of hydrogen-bond acceptors (Lipinski definition) is 2. The van der Waals surface area contributed by atoms with Crippen LogP contribution in [0.1, 0.15) is 53.4 Å². The highest BCUT2D eigenvalue weighted by molar-refractivity contribution is 4.85. The molecule has 0 aromatic heterocycles. The van der Waals surface area contributed by atoms with Crippen molar-refractivity contribution in [2.24, 2.45) is 11.8 Å². The lowest BCUT2D eigenvalue weighted by molar-refractivity contribution is 0.149. The highest BCUT2D eigenvalue weighted by Gasteiger charge is 2.28. The normalized spacial score (nSPS) is 29.8. The van der Waals surface area contributed by atoms with E-state index in [0.29, 0.717) is 0 Å². The minimum absolute atomic E-state index is 0.766. The maximum Gasteiger partial charge on any atom is 0.0108 e. The summed E-state index contributed by atoms with van der Waals surface area (Å²) in [5.74, 6) is 1.79. The Labute approximate surface area is 108 Å². The van der Waals surface area contributed by atoms with E-state index in [1.54, 1.807) is 0 Å². The third kappa shape index (κ3) is 4.97. The van der Waals surface area contributed by atoms with Gasteiger partial charge in [0.05, 0.1) is 0 Å². The summed E-state index contributed by atoms with van der Waals surface area (Å²) < 4.78 is 0. The molecule has 0 amide bonds. The van der Waals surface area contributed by atoms with Crippen molar-refractivity contribution in [1.29, 1.82) is 0 Å². The molecule has 2 heteroatoms. The predicted molar refractivity (Wildman–Crippen MR) is 76.4 cm³/mol. The summed E-state index contributed by atoms with van der Waals surface area (Å²) in [7, 11) is 0. The Morgan fingerprint density at radius 1 is 1.18 bits per heavy atom. The Bertz CT molecular complexity index is 193. The third-order valence-corrected chi connectivity index (χ3v) is 4.19. The molecule has 1 saturated carbocycles. The standard InChI is InChI=1S/C15H32N2/c1-5-10-17(7-3)12-14-11-13(4)8-9-15(14)16-6-2/h13-16H,5-12H2,1-4H3. The van der Waals surface area contributed by atoms with E-state index in [1.807, 2.05) is 0 Å². The highest BCUT2D eigenvalue weighted by Crippen LogP contribution is 2.29. The summed E-state index contributed by atoms with van der Waals surface area (Å²) in [5.41, 5.74) is 0. The Kier molecular flexibility index (Phi) is 7.14. The molecule has 1 aliphatic carbocycles. The number of nitrogens with one attached hydrogen (secondary N) is 1. The average Bonchev–Trinajstić information content (AvgIpc) is 2.32. The lowest BCUT2D eigenvalue weighted by Gasteiger charge is -2.38. The molecule has 0 aliphatic heterocycles. The van der Waals surface area contributed by atoms with Gasteiger partial charge in [-0.3, -0.25) is 0 Å². The van der Waals surface area contributed by atoms with Crippen LogP contribution in [0.25, 0.3) is 0 Å². The van der Waals surface area contributed by atoms with Crippen LogP contribution >= 0.6 is 0 Å². The van der Waals surface area contributed by atoms with E-state index >= 15 is 0 Å². The van der Waals surface area contributed by atoms with Gasteiger partial charge in [-0.15, -0.1) is 0 Å². The molecule has 0 aromatic carbocycles. The van der Waals surface area contributed by atoms with Crippen LogP contribution in [0, 0.1) is 11.8 Å². The van der Waals surface area contributed by atoms with E-state index in [0.717, 1.165) is 24.4 Å². The Balaban J connectivity index is 2.49. The van der Waals surface area contributed by atoms with Crippen LogP contribution < -0.4 is 5.32 Å². The summed E-state index contributed by atoms with van der Waals surface area (Å²) in [4.78, 5) is 2.63. The second-order valence-corrected chi connectivity index (χ2v) is 5.74. The molecule has 1 aliphatic rings. The highest BCUT2D eigenvalue weighted by atomic mass is 15.1. The maximum absolute atomic E-state index is 3.70. The van der Waals surface area contributed by atoms with Crippen LogP contribution in [0.3, 0.4) is 0 Å². The quantitative estimate of drug-likeness (QED) is 0.735. The summed E-state index contributed by atoms with van der Waals surface area (Å²) in [6.45, 7) is 14.1. The predicted octanol–water partition coefficient (Wildman–Crippen LogP) is 3.13. The maximum atomic E-state index is 3.70. The van der Waals surface area contributed by atoms with E-state index in [-0.39, 0.29) is 0 Å². The van der Waals surface area contributed by atoms with Crippen molar-refractivity contribution < 1.29 is 0 Å². The zero-order chi connectivity index (χ0) is 12.7. The van der Waals surface area contributed by atoms with Gasteiger partial charge in [0.25, 0.3) is 0 Å². The van der Waals surface area contributed by atoms with Gasteiger partial charge in [0, 0.05) is 12.6 Å². The van der Waals surface area contributed by atoms with Crippen molar-refractivity contribution in [2.45, 2.75) is 59.4 Å². The lowest BCUT2D eigenvalue weighted by Crippen LogP contribution is -2.45. The van der Waals surface area contributed by atoms with Crippen LogP contribution in [-0.2, 0) is 0 Å². The molecule has 102 valence electrons. The van der Waals surface area contributed by atoms with Gasteiger partial charge in [0.1, 0.15) is 0 Å². The van der Waals surface area contributed by atoms with Crippen LogP contribution in [0.5, 0.6) is 0 Å². The van der Waals surface area contributed by atoms with Gasteiger partial charge in [0.15, 0.2) is 0 Å². The zero-order valence-corrected chi connectivity index (χ0v) is 12.3. The molecule has 3 atom stereocenters. The fourth-order valence-corrected chi connectivity index (χ4v) is 3.26. The molecule has 1 N–H and O–H groups in total. The van der Waals surface area contributed by atoms with Gasteiger partial charge >= 0.3 is 0 Å². The van der Waals surface area contributed by atoms with Gasteiger partial charge in [-0.05, 0) is 57.2 Å². The molecule has 0 aromatic rings. The van der Waals surface area contributed by atoms with E-state index in [4.69, 9.17) is 0 Å². The third-order valence-electron chi connectivity index (χ3n) is 4.19. The topological polar surface area (TPSA) is 15.3 Å². The van der Waals surface area contributed by atoms with Crippen molar-refractivity contribution in [3.63, 3.8) is 0 Å². The Morgan fingerprint density at radius 3 is 2.53 bits per heavy atom. The summed E-state index contributed by atoms with van der Waals surface area (Å²) in [6, 6.07) is 0.766. The van der Waals surface area contributed by atoms with Gasteiger partial charge in [-0.1, -0.05) is 27.7 Å². The van der Waals surface area contributed by atoms with Crippen molar-refractivity contribution in [1.82, 2.24) is 10.2 Å².